The van der Waals surface area contributed by atoms with Gasteiger partial charge in [-0.05, 0) is 49.6 Å². The third-order valence-corrected chi connectivity index (χ3v) is 3.71. The van der Waals surface area contributed by atoms with Gasteiger partial charge in [-0.15, -0.1) is 0 Å². The number of fused-ring (bicyclic) bond motifs is 1. The molecule has 128 valence electrons. The Morgan fingerprint density at radius 3 is 2.50 bits per heavy atom. The van der Waals surface area contributed by atoms with Gasteiger partial charge in [-0.1, -0.05) is 44.1 Å². The molecule has 0 radical (unpaired) electrons. The lowest BCUT2D eigenvalue weighted by Gasteiger charge is -2.11. The summed E-state index contributed by atoms with van der Waals surface area (Å²) in [6.07, 6.45) is 12.3. The Hall–Kier alpha value is -2.42. The second-order valence-corrected chi connectivity index (χ2v) is 6.12. The Morgan fingerprint density at radius 2 is 1.75 bits per heavy atom. The molecule has 1 heterocycles. The van der Waals surface area contributed by atoms with Crippen molar-refractivity contribution in [3.05, 3.63) is 71.2 Å². The topological polar surface area (TPSA) is 37.8 Å². The van der Waals surface area contributed by atoms with Gasteiger partial charge >= 0.3 is 0 Å². The zero-order valence-electron chi connectivity index (χ0n) is 15.1. The summed E-state index contributed by atoms with van der Waals surface area (Å²) in [7, 11) is 0. The molecule has 1 aromatic carbocycles. The van der Waals surface area contributed by atoms with Crippen molar-refractivity contribution in [1.82, 2.24) is 15.3 Å². The standard InChI is InChI=1S/C18H19N3.C3H8.H2/c1-13-3-5-14(2)16(7-4-13)21-12-15-6-8-17-18(11-15)20-10-9-19-17;1-3-2;/h4-11,21H,3,12H2,1-2H3;3H2,1-2H3;1H. The molecular weight excluding hydrogens is 294 g/mol. The van der Waals surface area contributed by atoms with Crippen LogP contribution >= 0.6 is 0 Å². The number of nitrogens with one attached hydrogen (secondary N) is 1. The van der Waals surface area contributed by atoms with Crippen molar-refractivity contribution >= 4 is 11.0 Å². The van der Waals surface area contributed by atoms with Crippen LogP contribution in [0.4, 0.5) is 0 Å². The molecule has 0 fully saturated rings. The lowest BCUT2D eigenvalue weighted by atomic mass is 10.1. The summed E-state index contributed by atoms with van der Waals surface area (Å²) in [5.74, 6) is 0. The first-order valence-corrected chi connectivity index (χ1v) is 8.62. The van der Waals surface area contributed by atoms with E-state index in [2.05, 4.69) is 73.3 Å². The molecular formula is C21H29N3. The van der Waals surface area contributed by atoms with Crippen molar-refractivity contribution in [3.8, 4) is 0 Å². The van der Waals surface area contributed by atoms with E-state index in [1.807, 2.05) is 6.07 Å². The SMILES string of the molecule is CC1=CC=C(NCc2ccc3nccnc3c2)C(C)=CC1.CCC.[HH]. The molecule has 2 aromatic rings. The van der Waals surface area contributed by atoms with Crippen LogP contribution in [0.3, 0.4) is 0 Å². The number of rotatable bonds is 3. The highest BCUT2D eigenvalue weighted by Crippen LogP contribution is 2.17. The Kier molecular flexibility index (Phi) is 6.74. The van der Waals surface area contributed by atoms with Gasteiger partial charge in [0.25, 0.3) is 0 Å². The summed E-state index contributed by atoms with van der Waals surface area (Å²) in [6, 6.07) is 6.21. The van der Waals surface area contributed by atoms with Crippen LogP contribution in [0.2, 0.25) is 0 Å². The quantitative estimate of drug-likeness (QED) is 0.803. The molecule has 0 saturated heterocycles. The summed E-state index contributed by atoms with van der Waals surface area (Å²) in [4.78, 5) is 8.64. The zero-order valence-corrected chi connectivity index (χ0v) is 15.1. The van der Waals surface area contributed by atoms with Crippen molar-refractivity contribution in [2.45, 2.75) is 47.1 Å². The highest BCUT2D eigenvalue weighted by molar-refractivity contribution is 5.74. The minimum absolute atomic E-state index is 0. The van der Waals surface area contributed by atoms with E-state index in [-0.39, 0.29) is 1.43 Å². The van der Waals surface area contributed by atoms with E-state index < -0.39 is 0 Å². The van der Waals surface area contributed by atoms with Gasteiger partial charge in [0.05, 0.1) is 11.0 Å². The number of hydrogen-bond donors (Lipinski definition) is 1. The highest BCUT2D eigenvalue weighted by atomic mass is 14.9. The number of aromatic nitrogens is 2. The van der Waals surface area contributed by atoms with E-state index in [1.165, 1.54) is 28.8 Å². The fourth-order valence-corrected chi connectivity index (χ4v) is 2.36. The molecule has 0 atom stereocenters. The molecule has 1 N–H and O–H groups in total. The third-order valence-electron chi connectivity index (χ3n) is 3.71. The monoisotopic (exact) mass is 323 g/mol. The van der Waals surface area contributed by atoms with Gasteiger partial charge in [-0.25, -0.2) is 0 Å². The lowest BCUT2D eigenvalue weighted by Crippen LogP contribution is -2.13. The van der Waals surface area contributed by atoms with E-state index in [1.54, 1.807) is 12.4 Å². The van der Waals surface area contributed by atoms with Gasteiger partial charge in [0, 0.05) is 26.1 Å². The highest BCUT2D eigenvalue weighted by Gasteiger charge is 2.04. The first kappa shape index (κ1) is 17.9. The number of benzene rings is 1. The number of allylic oxidation sites excluding steroid dienone is 5. The Morgan fingerprint density at radius 1 is 1.04 bits per heavy atom. The van der Waals surface area contributed by atoms with Crippen LogP contribution in [0.25, 0.3) is 11.0 Å². The maximum atomic E-state index is 4.35. The predicted molar refractivity (Wildman–Crippen MR) is 105 cm³/mol. The molecule has 24 heavy (non-hydrogen) atoms. The molecule has 1 aromatic heterocycles. The normalized spacial score (nSPS) is 13.9. The van der Waals surface area contributed by atoms with E-state index in [0.717, 1.165) is 24.0 Å². The van der Waals surface area contributed by atoms with Crippen LogP contribution < -0.4 is 5.32 Å². The van der Waals surface area contributed by atoms with Crippen molar-refractivity contribution in [2.24, 2.45) is 0 Å². The van der Waals surface area contributed by atoms with Crippen LogP contribution in [-0.2, 0) is 6.54 Å². The summed E-state index contributed by atoms with van der Waals surface area (Å²) in [5.41, 5.74) is 6.95. The lowest BCUT2D eigenvalue weighted by molar-refractivity contribution is 0.820. The largest absolute Gasteiger partial charge is 0.381 e. The van der Waals surface area contributed by atoms with E-state index in [4.69, 9.17) is 0 Å². The van der Waals surface area contributed by atoms with Crippen LogP contribution in [0.15, 0.2) is 65.7 Å². The maximum absolute atomic E-state index is 4.35. The summed E-state index contributed by atoms with van der Waals surface area (Å²) in [6.45, 7) is 9.35. The Labute approximate surface area is 146 Å². The van der Waals surface area contributed by atoms with E-state index >= 15 is 0 Å². The van der Waals surface area contributed by atoms with Crippen LogP contribution in [-0.4, -0.2) is 9.97 Å². The first-order chi connectivity index (χ1) is 11.6. The summed E-state index contributed by atoms with van der Waals surface area (Å²) >= 11 is 0. The minimum Gasteiger partial charge on any atom is -0.381 e. The Balaban J connectivity index is 0.000000730. The van der Waals surface area contributed by atoms with E-state index in [0.29, 0.717) is 0 Å². The average Bonchev–Trinajstić information content (AvgIpc) is 2.75. The molecule has 0 aliphatic heterocycles. The molecule has 0 bridgehead atoms. The third kappa shape index (κ3) is 5.05. The van der Waals surface area contributed by atoms with Gasteiger partial charge in [0.2, 0.25) is 0 Å². The smallest absolute Gasteiger partial charge is 0.0890 e. The van der Waals surface area contributed by atoms with Gasteiger partial charge in [-0.2, -0.15) is 0 Å². The molecule has 3 heteroatoms. The number of nitrogens with zero attached hydrogens (tertiary/aromatic N) is 2. The first-order valence-electron chi connectivity index (χ1n) is 8.62. The van der Waals surface area contributed by atoms with Crippen LogP contribution in [0.1, 0.15) is 47.5 Å². The van der Waals surface area contributed by atoms with Gasteiger partial charge in [0.15, 0.2) is 0 Å². The second kappa shape index (κ2) is 9.02. The maximum Gasteiger partial charge on any atom is 0.0890 e. The summed E-state index contributed by atoms with van der Waals surface area (Å²) < 4.78 is 0. The number of hydrogen-bond acceptors (Lipinski definition) is 3. The molecule has 0 spiro atoms. The summed E-state index contributed by atoms with van der Waals surface area (Å²) in [5, 5.41) is 3.51. The van der Waals surface area contributed by atoms with E-state index in [9.17, 15) is 0 Å². The second-order valence-electron chi connectivity index (χ2n) is 6.12. The molecule has 3 rings (SSSR count). The minimum atomic E-state index is 0. The Bertz CT molecular complexity index is 776. The van der Waals surface area contributed by atoms with Crippen molar-refractivity contribution in [3.63, 3.8) is 0 Å². The fourth-order valence-electron chi connectivity index (χ4n) is 2.36. The molecule has 0 amide bonds. The van der Waals surface area contributed by atoms with Crippen molar-refractivity contribution in [2.75, 3.05) is 0 Å². The zero-order chi connectivity index (χ0) is 17.4. The fraction of sp³-hybridized carbons (Fsp3) is 0.333. The van der Waals surface area contributed by atoms with Crippen LogP contribution in [0.5, 0.6) is 0 Å². The van der Waals surface area contributed by atoms with Crippen LogP contribution in [0, 0.1) is 0 Å². The molecule has 0 unspecified atom stereocenters. The molecule has 1 aliphatic carbocycles. The molecule has 3 nitrogen and oxygen atoms in total. The predicted octanol–water partition coefficient (Wildman–Crippen LogP) is 5.56. The van der Waals surface area contributed by atoms with Crippen molar-refractivity contribution < 1.29 is 1.43 Å². The van der Waals surface area contributed by atoms with Gasteiger partial charge in [0.1, 0.15) is 0 Å². The molecule has 1 aliphatic rings. The van der Waals surface area contributed by atoms with Gasteiger partial charge < -0.3 is 5.32 Å². The molecule has 0 saturated carbocycles. The van der Waals surface area contributed by atoms with Gasteiger partial charge in [-0.3, -0.25) is 9.97 Å². The van der Waals surface area contributed by atoms with Crippen molar-refractivity contribution in [1.29, 1.82) is 0 Å². The average molecular weight is 323 g/mol.